The molecule has 2 rings (SSSR count). The van der Waals surface area contributed by atoms with Crippen LogP contribution in [0, 0.1) is 31.1 Å². The van der Waals surface area contributed by atoms with Gasteiger partial charge < -0.3 is 0 Å². The highest BCUT2D eigenvalue weighted by Gasteiger charge is 2.36. The molecule has 4 heteroatoms. The Labute approximate surface area is 115 Å². The fourth-order valence-electron chi connectivity index (χ4n) is 2.73. The number of hydrogen-bond acceptors (Lipinski definition) is 3. The maximum atomic E-state index is 12.6. The van der Waals surface area contributed by atoms with Crippen LogP contribution in [0.25, 0.3) is 0 Å². The summed E-state index contributed by atoms with van der Waals surface area (Å²) in [7, 11) is -3.53. The lowest BCUT2D eigenvalue weighted by Crippen LogP contribution is -2.27. The molecule has 0 amide bonds. The molecule has 19 heavy (non-hydrogen) atoms. The first-order valence-electron chi connectivity index (χ1n) is 6.67. The van der Waals surface area contributed by atoms with E-state index in [2.05, 4.69) is 0 Å². The van der Waals surface area contributed by atoms with Crippen molar-refractivity contribution in [2.75, 3.05) is 0 Å². The van der Waals surface area contributed by atoms with E-state index in [0.717, 1.165) is 36.8 Å². The van der Waals surface area contributed by atoms with Crippen LogP contribution in [0.2, 0.25) is 0 Å². The third-order valence-electron chi connectivity index (χ3n) is 4.10. The summed E-state index contributed by atoms with van der Waals surface area (Å²) < 4.78 is 25.2. The molecule has 1 atom stereocenters. The standard InChI is InChI=1S/C15H19NO2S/c1-11-7-8-14(9-12(11)2)19(17,18)15(10-16)13-5-3-4-6-13/h7-9,13,15H,3-6H2,1-2H3. The van der Waals surface area contributed by atoms with Gasteiger partial charge in [-0.3, -0.25) is 0 Å². The van der Waals surface area contributed by atoms with Gasteiger partial charge >= 0.3 is 0 Å². The first-order valence-corrected chi connectivity index (χ1v) is 8.22. The summed E-state index contributed by atoms with van der Waals surface area (Å²) in [5.41, 5.74) is 2.01. The van der Waals surface area contributed by atoms with Crippen LogP contribution in [0.4, 0.5) is 0 Å². The van der Waals surface area contributed by atoms with Crippen molar-refractivity contribution in [1.29, 1.82) is 5.26 Å². The van der Waals surface area contributed by atoms with E-state index in [1.807, 2.05) is 26.0 Å². The number of aryl methyl sites for hydroxylation is 2. The zero-order valence-electron chi connectivity index (χ0n) is 11.4. The van der Waals surface area contributed by atoms with E-state index in [4.69, 9.17) is 0 Å². The van der Waals surface area contributed by atoms with Crippen LogP contribution in [-0.4, -0.2) is 13.7 Å². The third kappa shape index (κ3) is 2.66. The number of nitriles is 1. The maximum absolute atomic E-state index is 12.6. The molecule has 0 spiro atoms. The maximum Gasteiger partial charge on any atom is 0.194 e. The summed E-state index contributed by atoms with van der Waals surface area (Å²) in [6, 6.07) is 7.15. The third-order valence-corrected chi connectivity index (χ3v) is 6.17. The first-order chi connectivity index (χ1) is 8.96. The molecule has 1 unspecified atom stereocenters. The second-order valence-electron chi connectivity index (χ2n) is 5.39. The van der Waals surface area contributed by atoms with E-state index in [-0.39, 0.29) is 10.8 Å². The molecule has 0 N–H and O–H groups in total. The summed E-state index contributed by atoms with van der Waals surface area (Å²) in [4.78, 5) is 0.286. The molecular formula is C15H19NO2S. The van der Waals surface area contributed by atoms with E-state index in [1.165, 1.54) is 0 Å². The molecule has 0 aromatic heterocycles. The minimum Gasteiger partial charge on any atom is -0.222 e. The predicted molar refractivity (Wildman–Crippen MR) is 74.5 cm³/mol. The van der Waals surface area contributed by atoms with Crippen LogP contribution in [0.5, 0.6) is 0 Å². The van der Waals surface area contributed by atoms with Gasteiger partial charge in [0.25, 0.3) is 0 Å². The molecule has 1 aromatic rings. The lowest BCUT2D eigenvalue weighted by Gasteiger charge is -2.17. The van der Waals surface area contributed by atoms with E-state index in [1.54, 1.807) is 12.1 Å². The minimum atomic E-state index is -3.53. The second-order valence-corrected chi connectivity index (χ2v) is 7.45. The summed E-state index contributed by atoms with van der Waals surface area (Å²) in [6.45, 7) is 3.84. The van der Waals surface area contributed by atoms with Crippen LogP contribution >= 0.6 is 0 Å². The smallest absolute Gasteiger partial charge is 0.194 e. The lowest BCUT2D eigenvalue weighted by atomic mass is 10.1. The Kier molecular flexibility index (Phi) is 3.96. The SMILES string of the molecule is Cc1ccc(S(=O)(=O)C(C#N)C2CCCC2)cc1C. The average Bonchev–Trinajstić information content (AvgIpc) is 2.86. The highest BCUT2D eigenvalue weighted by molar-refractivity contribution is 7.92. The predicted octanol–water partition coefficient (Wildman–Crippen LogP) is 3.16. The quantitative estimate of drug-likeness (QED) is 0.852. The van der Waals surface area contributed by atoms with Gasteiger partial charge in [0.15, 0.2) is 15.1 Å². The summed E-state index contributed by atoms with van der Waals surface area (Å²) in [6.07, 6.45) is 3.77. The molecule has 0 saturated heterocycles. The Morgan fingerprint density at radius 2 is 1.84 bits per heavy atom. The van der Waals surface area contributed by atoms with E-state index >= 15 is 0 Å². The van der Waals surface area contributed by atoms with Gasteiger partial charge in [0.2, 0.25) is 0 Å². The van der Waals surface area contributed by atoms with Crippen LogP contribution in [0.3, 0.4) is 0 Å². The normalized spacial score (nSPS) is 18.2. The Hall–Kier alpha value is -1.34. The monoisotopic (exact) mass is 277 g/mol. The van der Waals surface area contributed by atoms with Gasteiger partial charge in [-0.25, -0.2) is 8.42 Å². The molecule has 0 heterocycles. The first kappa shape index (κ1) is 14.1. The molecule has 1 fully saturated rings. The van der Waals surface area contributed by atoms with Crippen molar-refractivity contribution in [2.24, 2.45) is 5.92 Å². The topological polar surface area (TPSA) is 57.9 Å². The van der Waals surface area contributed by atoms with Crippen molar-refractivity contribution in [3.8, 4) is 6.07 Å². The zero-order chi connectivity index (χ0) is 14.0. The highest BCUT2D eigenvalue weighted by atomic mass is 32.2. The number of sulfone groups is 1. The Morgan fingerprint density at radius 1 is 1.21 bits per heavy atom. The van der Waals surface area contributed by atoms with Crippen molar-refractivity contribution < 1.29 is 8.42 Å². The summed E-state index contributed by atoms with van der Waals surface area (Å²) in [5.74, 6) is -0.00314. The van der Waals surface area contributed by atoms with Gasteiger partial charge in [0.05, 0.1) is 11.0 Å². The minimum absolute atomic E-state index is 0.00314. The fourth-order valence-corrected chi connectivity index (χ4v) is 4.54. The molecule has 1 saturated carbocycles. The highest BCUT2D eigenvalue weighted by Crippen LogP contribution is 2.33. The number of hydrogen-bond donors (Lipinski definition) is 0. The van der Waals surface area contributed by atoms with Crippen LogP contribution < -0.4 is 0 Å². The Bertz CT molecular complexity index is 608. The van der Waals surface area contributed by atoms with Crippen molar-refractivity contribution in [3.63, 3.8) is 0 Å². The largest absolute Gasteiger partial charge is 0.222 e. The molecule has 0 aliphatic heterocycles. The average molecular weight is 277 g/mol. The van der Waals surface area contributed by atoms with Crippen LogP contribution in [-0.2, 0) is 9.84 Å². The summed E-state index contributed by atoms with van der Waals surface area (Å²) in [5, 5.41) is 8.39. The lowest BCUT2D eigenvalue weighted by molar-refractivity contribution is 0.525. The Balaban J connectivity index is 2.40. The molecule has 1 aromatic carbocycles. The number of nitrogens with zero attached hydrogens (tertiary/aromatic N) is 1. The molecule has 1 aliphatic rings. The second kappa shape index (κ2) is 5.34. The van der Waals surface area contributed by atoms with E-state index < -0.39 is 15.1 Å². The molecule has 3 nitrogen and oxygen atoms in total. The van der Waals surface area contributed by atoms with Gasteiger partial charge in [-0.2, -0.15) is 5.26 Å². The van der Waals surface area contributed by atoms with Crippen molar-refractivity contribution >= 4 is 9.84 Å². The van der Waals surface area contributed by atoms with Crippen LogP contribution in [0.1, 0.15) is 36.8 Å². The van der Waals surface area contributed by atoms with Crippen molar-refractivity contribution in [1.82, 2.24) is 0 Å². The van der Waals surface area contributed by atoms with Crippen LogP contribution in [0.15, 0.2) is 23.1 Å². The van der Waals surface area contributed by atoms with Crippen molar-refractivity contribution in [2.45, 2.75) is 49.7 Å². The van der Waals surface area contributed by atoms with Gasteiger partial charge in [-0.05, 0) is 55.9 Å². The van der Waals surface area contributed by atoms with E-state index in [9.17, 15) is 13.7 Å². The van der Waals surface area contributed by atoms with E-state index in [0.29, 0.717) is 0 Å². The van der Waals surface area contributed by atoms with Gasteiger partial charge in [0, 0.05) is 0 Å². The van der Waals surface area contributed by atoms with Gasteiger partial charge in [-0.1, -0.05) is 18.9 Å². The summed E-state index contributed by atoms with van der Waals surface area (Å²) >= 11 is 0. The Morgan fingerprint density at radius 3 is 2.37 bits per heavy atom. The number of benzene rings is 1. The van der Waals surface area contributed by atoms with Gasteiger partial charge in [0.1, 0.15) is 0 Å². The molecular weight excluding hydrogens is 258 g/mol. The van der Waals surface area contributed by atoms with Gasteiger partial charge in [-0.15, -0.1) is 0 Å². The zero-order valence-corrected chi connectivity index (χ0v) is 12.2. The molecule has 102 valence electrons. The molecule has 0 bridgehead atoms. The molecule has 0 radical (unpaired) electrons. The molecule has 1 aliphatic carbocycles. The fraction of sp³-hybridized carbons (Fsp3) is 0.533. The number of rotatable bonds is 3. The van der Waals surface area contributed by atoms with Crippen molar-refractivity contribution in [3.05, 3.63) is 29.3 Å².